The molecule has 3 atom stereocenters. The molecule has 22 heavy (non-hydrogen) atoms. The SMILES string of the molecule is Clc1ccc([C@@H]2Nc3c(Br)cccc3[C@H]3C=CC[C@H]32)cc1Cl. The number of halogens is 3. The van der Waals surface area contributed by atoms with E-state index in [2.05, 4.69) is 57.7 Å². The second-order valence-corrected chi connectivity index (χ2v) is 7.52. The Morgan fingerprint density at radius 2 is 1.95 bits per heavy atom. The molecule has 0 spiro atoms. The molecule has 2 aliphatic rings. The molecule has 2 aromatic carbocycles. The highest BCUT2D eigenvalue weighted by molar-refractivity contribution is 9.10. The molecule has 4 heteroatoms. The van der Waals surface area contributed by atoms with Crippen LogP contribution in [0.1, 0.15) is 29.5 Å². The molecule has 1 aliphatic heterocycles. The van der Waals surface area contributed by atoms with Crippen LogP contribution in [-0.2, 0) is 0 Å². The molecule has 1 heterocycles. The number of benzene rings is 2. The molecular weight excluding hydrogens is 381 g/mol. The van der Waals surface area contributed by atoms with E-state index < -0.39 is 0 Å². The topological polar surface area (TPSA) is 12.0 Å². The third-order valence-electron chi connectivity index (χ3n) is 4.65. The van der Waals surface area contributed by atoms with E-state index >= 15 is 0 Å². The molecule has 0 fully saturated rings. The van der Waals surface area contributed by atoms with Crippen LogP contribution in [0.4, 0.5) is 5.69 Å². The lowest BCUT2D eigenvalue weighted by Gasteiger charge is -2.38. The zero-order valence-corrected chi connectivity index (χ0v) is 14.8. The fraction of sp³-hybridized carbons (Fsp3) is 0.222. The Kier molecular flexibility index (Phi) is 3.72. The summed E-state index contributed by atoms with van der Waals surface area (Å²) in [5.74, 6) is 0.965. The largest absolute Gasteiger partial charge is 0.377 e. The number of allylic oxidation sites excluding steroid dienone is 2. The first-order valence-electron chi connectivity index (χ1n) is 7.31. The number of hydrogen-bond acceptors (Lipinski definition) is 1. The molecule has 1 nitrogen and oxygen atoms in total. The predicted molar refractivity (Wildman–Crippen MR) is 97.0 cm³/mol. The van der Waals surface area contributed by atoms with Crippen molar-refractivity contribution in [3.05, 3.63) is 74.2 Å². The standard InChI is InChI=1S/C18H14BrCl2N/c19-14-6-2-5-13-11-3-1-4-12(11)17(22-18(13)14)10-7-8-15(20)16(21)9-10/h1-3,5-9,11-12,17,22H,4H2/t11-,12+,17-/m0/s1. The van der Waals surface area contributed by atoms with E-state index in [4.69, 9.17) is 23.2 Å². The highest BCUT2D eigenvalue weighted by Crippen LogP contribution is 2.51. The number of fused-ring (bicyclic) bond motifs is 3. The van der Waals surface area contributed by atoms with Crippen LogP contribution >= 0.6 is 39.1 Å². The van der Waals surface area contributed by atoms with Crippen molar-refractivity contribution >= 4 is 44.8 Å². The van der Waals surface area contributed by atoms with Crippen LogP contribution in [0.3, 0.4) is 0 Å². The van der Waals surface area contributed by atoms with Gasteiger partial charge in [0.05, 0.1) is 21.8 Å². The molecule has 2 aromatic rings. The van der Waals surface area contributed by atoms with E-state index in [1.165, 1.54) is 16.8 Å². The van der Waals surface area contributed by atoms with Crippen molar-refractivity contribution in [3.63, 3.8) is 0 Å². The van der Waals surface area contributed by atoms with Gasteiger partial charge in [0, 0.05) is 10.4 Å². The molecule has 0 aromatic heterocycles. The molecule has 0 radical (unpaired) electrons. The summed E-state index contributed by atoms with van der Waals surface area (Å²) in [6, 6.07) is 12.6. The summed E-state index contributed by atoms with van der Waals surface area (Å²) in [5, 5.41) is 4.92. The van der Waals surface area contributed by atoms with Crippen molar-refractivity contribution < 1.29 is 0 Å². The van der Waals surface area contributed by atoms with Crippen LogP contribution in [0.2, 0.25) is 10.0 Å². The van der Waals surface area contributed by atoms with Gasteiger partial charge in [-0.3, -0.25) is 0 Å². The maximum Gasteiger partial charge on any atom is 0.0595 e. The Labute approximate surface area is 148 Å². The van der Waals surface area contributed by atoms with Gasteiger partial charge < -0.3 is 5.32 Å². The van der Waals surface area contributed by atoms with E-state index in [-0.39, 0.29) is 6.04 Å². The van der Waals surface area contributed by atoms with E-state index in [9.17, 15) is 0 Å². The van der Waals surface area contributed by atoms with Crippen LogP contribution < -0.4 is 5.32 Å². The number of nitrogens with one attached hydrogen (secondary N) is 1. The molecule has 1 N–H and O–H groups in total. The number of para-hydroxylation sites is 1. The highest BCUT2D eigenvalue weighted by Gasteiger charge is 2.38. The summed E-state index contributed by atoms with van der Waals surface area (Å²) in [5.41, 5.74) is 3.74. The lowest BCUT2D eigenvalue weighted by molar-refractivity contribution is 0.425. The zero-order chi connectivity index (χ0) is 15.3. The fourth-order valence-electron chi connectivity index (χ4n) is 3.62. The number of hydrogen-bond donors (Lipinski definition) is 1. The molecule has 0 saturated heterocycles. The van der Waals surface area contributed by atoms with Crippen molar-refractivity contribution in [1.82, 2.24) is 0 Å². The quantitative estimate of drug-likeness (QED) is 0.538. The molecule has 0 amide bonds. The Morgan fingerprint density at radius 1 is 1.09 bits per heavy atom. The summed E-state index contributed by atoms with van der Waals surface area (Å²) >= 11 is 16.0. The maximum atomic E-state index is 6.22. The van der Waals surface area contributed by atoms with Crippen LogP contribution in [-0.4, -0.2) is 0 Å². The Balaban J connectivity index is 1.82. The van der Waals surface area contributed by atoms with Crippen molar-refractivity contribution in [2.45, 2.75) is 18.4 Å². The lowest BCUT2D eigenvalue weighted by atomic mass is 9.77. The molecule has 4 rings (SSSR count). The van der Waals surface area contributed by atoms with Gasteiger partial charge in [0.25, 0.3) is 0 Å². The van der Waals surface area contributed by atoms with Crippen molar-refractivity contribution in [3.8, 4) is 0 Å². The highest BCUT2D eigenvalue weighted by atomic mass is 79.9. The predicted octanol–water partition coefficient (Wildman–Crippen LogP) is 6.58. The van der Waals surface area contributed by atoms with Crippen molar-refractivity contribution in [2.24, 2.45) is 5.92 Å². The van der Waals surface area contributed by atoms with E-state index in [0.29, 0.717) is 21.9 Å². The molecule has 0 unspecified atom stereocenters. The van der Waals surface area contributed by atoms with Gasteiger partial charge in [-0.15, -0.1) is 0 Å². The van der Waals surface area contributed by atoms with Gasteiger partial charge in [0.1, 0.15) is 0 Å². The summed E-state index contributed by atoms with van der Waals surface area (Å²) < 4.78 is 1.11. The average Bonchev–Trinajstić information content (AvgIpc) is 3.00. The minimum Gasteiger partial charge on any atom is -0.377 e. The molecule has 0 bridgehead atoms. The Bertz CT molecular complexity index is 772. The van der Waals surface area contributed by atoms with Crippen LogP contribution in [0.25, 0.3) is 0 Å². The first-order valence-corrected chi connectivity index (χ1v) is 8.86. The lowest BCUT2D eigenvalue weighted by Crippen LogP contribution is -2.29. The van der Waals surface area contributed by atoms with Crippen LogP contribution in [0.15, 0.2) is 53.0 Å². The van der Waals surface area contributed by atoms with E-state index in [1.807, 2.05) is 12.1 Å². The summed E-state index contributed by atoms with van der Waals surface area (Å²) in [6.45, 7) is 0. The van der Waals surface area contributed by atoms with E-state index in [1.54, 1.807) is 0 Å². The molecular formula is C18H14BrCl2N. The van der Waals surface area contributed by atoms with E-state index in [0.717, 1.165) is 10.9 Å². The average molecular weight is 395 g/mol. The van der Waals surface area contributed by atoms with Gasteiger partial charge >= 0.3 is 0 Å². The Hall–Kier alpha value is -0.960. The van der Waals surface area contributed by atoms with Gasteiger partial charge in [-0.05, 0) is 57.6 Å². The second kappa shape index (κ2) is 5.59. The third kappa shape index (κ3) is 2.29. The number of rotatable bonds is 1. The Morgan fingerprint density at radius 3 is 2.77 bits per heavy atom. The third-order valence-corrected chi connectivity index (χ3v) is 6.05. The smallest absolute Gasteiger partial charge is 0.0595 e. The van der Waals surface area contributed by atoms with Crippen LogP contribution in [0.5, 0.6) is 0 Å². The monoisotopic (exact) mass is 393 g/mol. The van der Waals surface area contributed by atoms with Crippen molar-refractivity contribution in [1.29, 1.82) is 0 Å². The molecule has 1 aliphatic carbocycles. The van der Waals surface area contributed by atoms with Gasteiger partial charge in [0.2, 0.25) is 0 Å². The maximum absolute atomic E-state index is 6.22. The minimum atomic E-state index is 0.237. The van der Waals surface area contributed by atoms with Gasteiger partial charge in [0.15, 0.2) is 0 Å². The first kappa shape index (κ1) is 14.6. The number of anilines is 1. The van der Waals surface area contributed by atoms with Gasteiger partial charge in [-0.2, -0.15) is 0 Å². The normalized spacial score (nSPS) is 25.5. The summed E-state index contributed by atoms with van der Waals surface area (Å²) in [7, 11) is 0. The zero-order valence-electron chi connectivity index (χ0n) is 11.7. The summed E-state index contributed by atoms with van der Waals surface area (Å²) in [6.07, 6.45) is 5.70. The molecule has 0 saturated carbocycles. The fourth-order valence-corrected chi connectivity index (χ4v) is 4.42. The summed E-state index contributed by atoms with van der Waals surface area (Å²) in [4.78, 5) is 0. The van der Waals surface area contributed by atoms with Crippen LogP contribution in [0, 0.1) is 5.92 Å². The van der Waals surface area contributed by atoms with Gasteiger partial charge in [-0.25, -0.2) is 0 Å². The van der Waals surface area contributed by atoms with Crippen molar-refractivity contribution in [2.75, 3.05) is 5.32 Å². The second-order valence-electron chi connectivity index (χ2n) is 5.85. The first-order chi connectivity index (χ1) is 10.6. The molecule has 112 valence electrons. The minimum absolute atomic E-state index is 0.237. The van der Waals surface area contributed by atoms with Gasteiger partial charge in [-0.1, -0.05) is 53.6 Å².